The molecule has 1 aromatic carbocycles. The molecule has 0 aromatic heterocycles. The second-order valence-electron chi connectivity index (χ2n) is 3.23. The zero-order chi connectivity index (χ0) is 12.3. The number of nitriles is 1. The first kappa shape index (κ1) is 12.2. The SMILES string of the molecule is Cc1cc(NC(N)=O)c(SC#N)c(C)c1O. The molecule has 2 amide bonds. The molecule has 0 saturated heterocycles. The fraction of sp³-hybridized carbons (Fsp3) is 0.200. The monoisotopic (exact) mass is 237 g/mol. The lowest BCUT2D eigenvalue weighted by molar-refractivity contribution is 0.259. The van der Waals surface area contributed by atoms with Crippen LogP contribution in [-0.2, 0) is 0 Å². The van der Waals surface area contributed by atoms with Crippen LogP contribution in [0.25, 0.3) is 0 Å². The van der Waals surface area contributed by atoms with E-state index in [0.29, 0.717) is 21.7 Å². The number of rotatable bonds is 2. The minimum atomic E-state index is -0.704. The number of thiocyanates is 1. The lowest BCUT2D eigenvalue weighted by Crippen LogP contribution is -2.20. The molecule has 0 unspecified atom stereocenters. The molecule has 0 saturated carbocycles. The maximum Gasteiger partial charge on any atom is 0.316 e. The molecule has 84 valence electrons. The highest BCUT2D eigenvalue weighted by Crippen LogP contribution is 2.37. The van der Waals surface area contributed by atoms with Crippen molar-refractivity contribution in [1.29, 1.82) is 5.26 Å². The molecule has 0 radical (unpaired) electrons. The summed E-state index contributed by atoms with van der Waals surface area (Å²) in [6.07, 6.45) is 0. The maximum absolute atomic E-state index is 10.8. The number of phenols is 1. The third kappa shape index (κ3) is 2.38. The summed E-state index contributed by atoms with van der Waals surface area (Å²) in [4.78, 5) is 11.3. The molecule has 0 aliphatic heterocycles. The molecular formula is C10H11N3O2S. The van der Waals surface area contributed by atoms with Crippen molar-refractivity contribution in [3.63, 3.8) is 0 Å². The van der Waals surface area contributed by atoms with Gasteiger partial charge in [-0.15, -0.1) is 0 Å². The Bertz CT molecular complexity index is 480. The van der Waals surface area contributed by atoms with Gasteiger partial charge in [-0.3, -0.25) is 0 Å². The van der Waals surface area contributed by atoms with Gasteiger partial charge in [0.2, 0.25) is 0 Å². The third-order valence-corrected chi connectivity index (χ3v) is 2.90. The van der Waals surface area contributed by atoms with E-state index in [4.69, 9.17) is 11.0 Å². The van der Waals surface area contributed by atoms with E-state index in [9.17, 15) is 9.90 Å². The lowest BCUT2D eigenvalue weighted by atomic mass is 10.1. The molecule has 0 atom stereocenters. The summed E-state index contributed by atoms with van der Waals surface area (Å²) in [6.45, 7) is 3.38. The van der Waals surface area contributed by atoms with Gasteiger partial charge in [0.05, 0.1) is 10.6 Å². The Morgan fingerprint density at radius 2 is 2.25 bits per heavy atom. The number of aryl methyl sites for hydroxylation is 1. The summed E-state index contributed by atoms with van der Waals surface area (Å²) in [5, 5.41) is 22.7. The number of nitrogens with one attached hydrogen (secondary N) is 1. The molecule has 0 fully saturated rings. The molecule has 4 N–H and O–H groups in total. The molecule has 5 nitrogen and oxygen atoms in total. The van der Waals surface area contributed by atoms with Gasteiger partial charge in [0, 0.05) is 5.56 Å². The number of benzene rings is 1. The highest BCUT2D eigenvalue weighted by Gasteiger charge is 2.14. The number of thioether (sulfide) groups is 1. The van der Waals surface area contributed by atoms with Gasteiger partial charge in [-0.25, -0.2) is 4.79 Å². The molecule has 1 aromatic rings. The number of aromatic hydroxyl groups is 1. The van der Waals surface area contributed by atoms with Crippen LogP contribution >= 0.6 is 11.8 Å². The van der Waals surface area contributed by atoms with E-state index in [0.717, 1.165) is 11.8 Å². The van der Waals surface area contributed by atoms with E-state index in [1.807, 2.05) is 5.40 Å². The highest BCUT2D eigenvalue weighted by atomic mass is 32.2. The molecule has 0 aliphatic rings. The van der Waals surface area contributed by atoms with Gasteiger partial charge in [0.25, 0.3) is 0 Å². The number of phenolic OH excluding ortho intramolecular Hbond substituents is 1. The first-order valence-electron chi connectivity index (χ1n) is 4.43. The second kappa shape index (κ2) is 4.77. The van der Waals surface area contributed by atoms with Crippen molar-refractivity contribution < 1.29 is 9.90 Å². The number of amides is 2. The van der Waals surface area contributed by atoms with Crippen molar-refractivity contribution in [1.82, 2.24) is 0 Å². The van der Waals surface area contributed by atoms with Crippen LogP contribution in [0.4, 0.5) is 10.5 Å². The van der Waals surface area contributed by atoms with Gasteiger partial charge < -0.3 is 16.2 Å². The summed E-state index contributed by atoms with van der Waals surface area (Å²) < 4.78 is 0. The Morgan fingerprint density at radius 3 is 2.75 bits per heavy atom. The van der Waals surface area contributed by atoms with Crippen molar-refractivity contribution in [2.75, 3.05) is 5.32 Å². The third-order valence-electron chi connectivity index (χ3n) is 2.08. The van der Waals surface area contributed by atoms with Crippen molar-refractivity contribution >= 4 is 23.5 Å². The zero-order valence-corrected chi connectivity index (χ0v) is 9.68. The number of primary amides is 1. The second-order valence-corrected chi connectivity index (χ2v) is 4.02. The average Bonchev–Trinajstić information content (AvgIpc) is 2.20. The van der Waals surface area contributed by atoms with E-state index >= 15 is 0 Å². The van der Waals surface area contributed by atoms with Gasteiger partial charge in [-0.2, -0.15) is 5.26 Å². The number of nitrogens with two attached hydrogens (primary N) is 1. The van der Waals surface area contributed by atoms with E-state index in [2.05, 4.69) is 5.32 Å². The molecule has 0 aliphatic carbocycles. The summed E-state index contributed by atoms with van der Waals surface area (Å²) in [5.41, 5.74) is 6.63. The summed E-state index contributed by atoms with van der Waals surface area (Å²) in [5.74, 6) is 0.118. The highest BCUT2D eigenvalue weighted by molar-refractivity contribution is 8.04. The Morgan fingerprint density at radius 1 is 1.62 bits per heavy atom. The largest absolute Gasteiger partial charge is 0.507 e. The first-order chi connectivity index (χ1) is 7.47. The van der Waals surface area contributed by atoms with Gasteiger partial charge >= 0.3 is 6.03 Å². The van der Waals surface area contributed by atoms with E-state index in [1.165, 1.54) is 0 Å². The van der Waals surface area contributed by atoms with E-state index in [1.54, 1.807) is 19.9 Å². The van der Waals surface area contributed by atoms with Gasteiger partial charge in [-0.1, -0.05) is 0 Å². The van der Waals surface area contributed by atoms with Crippen LogP contribution in [0.15, 0.2) is 11.0 Å². The molecule has 0 heterocycles. The van der Waals surface area contributed by atoms with Crippen LogP contribution in [-0.4, -0.2) is 11.1 Å². The zero-order valence-electron chi connectivity index (χ0n) is 8.87. The molecular weight excluding hydrogens is 226 g/mol. The number of hydrogen-bond donors (Lipinski definition) is 3. The Balaban J connectivity index is 3.35. The van der Waals surface area contributed by atoms with Gasteiger partial charge in [-0.05, 0) is 37.2 Å². The van der Waals surface area contributed by atoms with Crippen molar-refractivity contribution in [2.45, 2.75) is 18.7 Å². The van der Waals surface area contributed by atoms with E-state index < -0.39 is 6.03 Å². The van der Waals surface area contributed by atoms with Crippen molar-refractivity contribution in [3.8, 4) is 11.2 Å². The van der Waals surface area contributed by atoms with Gasteiger partial charge in [0.1, 0.15) is 11.2 Å². The number of nitrogens with zero attached hydrogens (tertiary/aromatic N) is 1. The number of carbonyl (C=O) groups is 1. The Hall–Kier alpha value is -1.87. The summed E-state index contributed by atoms with van der Waals surface area (Å²) >= 11 is 0.869. The Kier molecular flexibility index (Phi) is 3.64. The molecule has 16 heavy (non-hydrogen) atoms. The predicted octanol–water partition coefficient (Wildman–Crippen LogP) is 2.07. The fourth-order valence-corrected chi connectivity index (χ4v) is 1.92. The summed E-state index contributed by atoms with van der Waals surface area (Å²) in [7, 11) is 0. The Labute approximate surface area is 97.3 Å². The molecule has 0 spiro atoms. The number of urea groups is 1. The van der Waals surface area contributed by atoms with Crippen molar-refractivity contribution in [3.05, 3.63) is 17.2 Å². The lowest BCUT2D eigenvalue weighted by Gasteiger charge is -2.13. The average molecular weight is 237 g/mol. The van der Waals surface area contributed by atoms with E-state index in [-0.39, 0.29) is 5.75 Å². The molecule has 6 heteroatoms. The van der Waals surface area contributed by atoms with Crippen LogP contribution in [0.2, 0.25) is 0 Å². The minimum Gasteiger partial charge on any atom is -0.507 e. The van der Waals surface area contributed by atoms with Crippen LogP contribution < -0.4 is 11.1 Å². The van der Waals surface area contributed by atoms with Crippen molar-refractivity contribution in [2.24, 2.45) is 5.73 Å². The topological polar surface area (TPSA) is 99.1 Å². The summed E-state index contributed by atoms with van der Waals surface area (Å²) in [6, 6.07) is 0.872. The number of hydrogen-bond acceptors (Lipinski definition) is 4. The number of carbonyl (C=O) groups excluding carboxylic acids is 1. The maximum atomic E-state index is 10.8. The van der Waals surface area contributed by atoms with Crippen LogP contribution in [0.5, 0.6) is 5.75 Å². The van der Waals surface area contributed by atoms with Gasteiger partial charge in [0.15, 0.2) is 0 Å². The predicted molar refractivity (Wildman–Crippen MR) is 62.3 cm³/mol. The standard InChI is InChI=1S/C10H11N3O2S/c1-5-3-7(13-10(12)15)9(16-4-11)6(2)8(5)14/h3,14H,1-2H3,(H3,12,13,15). The smallest absolute Gasteiger partial charge is 0.316 e. The minimum absolute atomic E-state index is 0.118. The molecule has 0 bridgehead atoms. The normalized spacial score (nSPS) is 9.56. The fourth-order valence-electron chi connectivity index (χ4n) is 1.36. The number of anilines is 1. The first-order valence-corrected chi connectivity index (χ1v) is 5.24. The molecule has 1 rings (SSSR count). The van der Waals surface area contributed by atoms with Crippen LogP contribution in [0, 0.1) is 24.5 Å². The van der Waals surface area contributed by atoms with Crippen LogP contribution in [0.1, 0.15) is 11.1 Å². The van der Waals surface area contributed by atoms with Crippen LogP contribution in [0.3, 0.4) is 0 Å². The quantitative estimate of drug-likeness (QED) is 0.416.